The molecule has 0 saturated carbocycles. The van der Waals surface area contributed by atoms with E-state index in [4.69, 9.17) is 5.73 Å². The van der Waals surface area contributed by atoms with Crippen molar-refractivity contribution in [3.8, 4) is 0 Å². The smallest absolute Gasteiger partial charge is 0.198 e. The fraction of sp³-hybridized carbons (Fsp3) is 0. The van der Waals surface area contributed by atoms with E-state index in [1.165, 1.54) is 0 Å². The van der Waals surface area contributed by atoms with Gasteiger partial charge in [-0.3, -0.25) is 0 Å². The molecule has 1 aromatic rings. The second kappa shape index (κ2) is 3.57. The summed E-state index contributed by atoms with van der Waals surface area (Å²) in [4.78, 5) is 6.89. The highest BCUT2D eigenvalue weighted by Gasteiger charge is 2.00. The van der Waals surface area contributed by atoms with Crippen LogP contribution in [0.4, 0.5) is 5.95 Å². The molecule has 0 amide bonds. The Morgan fingerprint density at radius 1 is 1.42 bits per heavy atom. The first-order valence-electron chi connectivity index (χ1n) is 3.55. The van der Waals surface area contributed by atoms with E-state index in [0.29, 0.717) is 5.95 Å². The van der Waals surface area contributed by atoms with Gasteiger partial charge < -0.3 is 10.7 Å². The van der Waals surface area contributed by atoms with Crippen LogP contribution in [0.15, 0.2) is 25.3 Å². The zero-order valence-electron chi connectivity index (χ0n) is 6.75. The van der Waals surface area contributed by atoms with Gasteiger partial charge in [0.25, 0.3) is 0 Å². The van der Waals surface area contributed by atoms with Crippen molar-refractivity contribution in [1.82, 2.24) is 9.97 Å². The highest BCUT2D eigenvalue weighted by Crippen LogP contribution is 2.10. The van der Waals surface area contributed by atoms with Gasteiger partial charge in [-0.1, -0.05) is 25.3 Å². The first kappa shape index (κ1) is 8.33. The molecule has 3 N–H and O–H groups in total. The number of hydrogen-bond acceptors (Lipinski definition) is 2. The van der Waals surface area contributed by atoms with Crippen LogP contribution in [-0.2, 0) is 0 Å². The molecule has 3 heteroatoms. The molecule has 12 heavy (non-hydrogen) atoms. The summed E-state index contributed by atoms with van der Waals surface area (Å²) in [6, 6.07) is 0. The third-order valence-corrected chi connectivity index (χ3v) is 1.37. The van der Waals surface area contributed by atoms with E-state index in [-0.39, 0.29) is 0 Å². The zero-order valence-corrected chi connectivity index (χ0v) is 6.75. The van der Waals surface area contributed by atoms with Crippen molar-refractivity contribution in [1.29, 1.82) is 0 Å². The molecule has 0 atom stereocenters. The van der Waals surface area contributed by atoms with Gasteiger partial charge in [0.15, 0.2) is 5.95 Å². The number of nitrogens with one attached hydrogen (secondary N) is 1. The van der Waals surface area contributed by atoms with Gasteiger partial charge in [0.2, 0.25) is 0 Å². The van der Waals surface area contributed by atoms with Crippen molar-refractivity contribution >= 4 is 18.1 Å². The molecule has 0 radical (unpaired) electrons. The van der Waals surface area contributed by atoms with Crippen LogP contribution in [0.3, 0.4) is 0 Å². The highest BCUT2D eigenvalue weighted by molar-refractivity contribution is 5.61. The molecule has 0 aliphatic heterocycles. The number of H-pyrrole nitrogens is 1. The van der Waals surface area contributed by atoms with E-state index in [0.717, 1.165) is 11.4 Å². The molecular weight excluding hydrogens is 150 g/mol. The van der Waals surface area contributed by atoms with Crippen molar-refractivity contribution in [3.05, 3.63) is 36.7 Å². The van der Waals surface area contributed by atoms with Gasteiger partial charge in [0.05, 0.1) is 11.4 Å². The number of nitrogens with two attached hydrogens (primary N) is 1. The molecule has 0 unspecified atom stereocenters. The second-order valence-corrected chi connectivity index (χ2v) is 2.22. The number of hydrogen-bond donors (Lipinski definition) is 2. The Balaban J connectivity index is 3.04. The molecule has 0 bridgehead atoms. The van der Waals surface area contributed by atoms with Gasteiger partial charge in [-0.25, -0.2) is 4.98 Å². The van der Waals surface area contributed by atoms with E-state index >= 15 is 0 Å². The lowest BCUT2D eigenvalue weighted by Gasteiger charge is -1.86. The maximum Gasteiger partial charge on any atom is 0.198 e. The zero-order chi connectivity index (χ0) is 8.97. The van der Waals surface area contributed by atoms with Crippen LogP contribution in [0.1, 0.15) is 11.4 Å². The molecule has 0 saturated heterocycles. The number of imidazole rings is 1. The summed E-state index contributed by atoms with van der Waals surface area (Å²) in [5.41, 5.74) is 7.06. The van der Waals surface area contributed by atoms with Crippen molar-refractivity contribution in [2.75, 3.05) is 5.73 Å². The molecule has 0 aliphatic carbocycles. The summed E-state index contributed by atoms with van der Waals surface area (Å²) in [7, 11) is 0. The molecule has 0 aliphatic rings. The largest absolute Gasteiger partial charge is 0.369 e. The molecule has 1 aromatic heterocycles. The monoisotopic (exact) mass is 161 g/mol. The Hall–Kier alpha value is -1.77. The average Bonchev–Trinajstić information content (AvgIpc) is 2.42. The minimum atomic E-state index is 0.397. The van der Waals surface area contributed by atoms with Crippen molar-refractivity contribution in [2.45, 2.75) is 0 Å². The Kier molecular flexibility index (Phi) is 2.48. The predicted octanol–water partition coefficient (Wildman–Crippen LogP) is 1.83. The molecule has 3 nitrogen and oxygen atoms in total. The summed E-state index contributed by atoms with van der Waals surface area (Å²) in [6.07, 6.45) is 6.98. The maximum atomic E-state index is 5.45. The number of nitrogen functional groups attached to an aromatic ring is 1. The summed E-state index contributed by atoms with van der Waals surface area (Å²) in [5.74, 6) is 0.397. The van der Waals surface area contributed by atoms with E-state index in [1.807, 2.05) is 6.08 Å². The van der Waals surface area contributed by atoms with Crippen LogP contribution in [0.2, 0.25) is 0 Å². The molecule has 0 fully saturated rings. The van der Waals surface area contributed by atoms with Crippen LogP contribution >= 0.6 is 0 Å². The summed E-state index contributed by atoms with van der Waals surface area (Å²) >= 11 is 0. The number of nitrogens with zero attached hydrogens (tertiary/aromatic N) is 1. The van der Waals surface area contributed by atoms with Crippen molar-refractivity contribution in [3.63, 3.8) is 0 Å². The van der Waals surface area contributed by atoms with Crippen LogP contribution in [0, 0.1) is 0 Å². The van der Waals surface area contributed by atoms with Crippen LogP contribution in [0.25, 0.3) is 12.2 Å². The normalized spacial score (nSPS) is 10.3. The highest BCUT2D eigenvalue weighted by atomic mass is 15.0. The maximum absolute atomic E-state index is 5.45. The first-order chi connectivity index (χ1) is 5.77. The third kappa shape index (κ3) is 1.63. The quantitative estimate of drug-likeness (QED) is 0.664. The molecule has 0 spiro atoms. The second-order valence-electron chi connectivity index (χ2n) is 2.22. The minimum absolute atomic E-state index is 0.397. The Bertz CT molecular complexity index is 321. The first-order valence-corrected chi connectivity index (χ1v) is 3.55. The van der Waals surface area contributed by atoms with Crippen molar-refractivity contribution < 1.29 is 0 Å². The van der Waals surface area contributed by atoms with Gasteiger partial charge in [-0.05, 0) is 12.2 Å². The third-order valence-electron chi connectivity index (χ3n) is 1.37. The summed E-state index contributed by atoms with van der Waals surface area (Å²) in [5, 5.41) is 0. The van der Waals surface area contributed by atoms with E-state index in [1.54, 1.807) is 18.2 Å². The Morgan fingerprint density at radius 2 is 2.17 bits per heavy atom. The number of aromatic amines is 1. The minimum Gasteiger partial charge on any atom is -0.369 e. The Morgan fingerprint density at radius 3 is 2.75 bits per heavy atom. The van der Waals surface area contributed by atoms with E-state index in [9.17, 15) is 0 Å². The molecule has 1 heterocycles. The standard InChI is InChI=1S/C9H11N3/c1-3-5-6-8-7(4-2)11-9(10)12-8/h3-6H,1-2H2,(H3,10,11,12)/b6-5-. The van der Waals surface area contributed by atoms with E-state index in [2.05, 4.69) is 23.1 Å². The average molecular weight is 161 g/mol. The SMILES string of the molecule is C=C/C=C\c1[nH]c(N)nc1C=C. The number of allylic oxidation sites excluding steroid dienone is 2. The topological polar surface area (TPSA) is 54.7 Å². The fourth-order valence-corrected chi connectivity index (χ4v) is 0.867. The molecular formula is C9H11N3. The van der Waals surface area contributed by atoms with Crippen LogP contribution < -0.4 is 5.73 Å². The van der Waals surface area contributed by atoms with Gasteiger partial charge in [-0.2, -0.15) is 0 Å². The van der Waals surface area contributed by atoms with Crippen molar-refractivity contribution in [2.24, 2.45) is 0 Å². The number of anilines is 1. The van der Waals surface area contributed by atoms with Gasteiger partial charge in [0, 0.05) is 0 Å². The van der Waals surface area contributed by atoms with Crippen LogP contribution in [-0.4, -0.2) is 9.97 Å². The Labute approximate surface area is 71.3 Å². The number of aromatic nitrogens is 2. The molecule has 62 valence electrons. The molecule has 0 aromatic carbocycles. The van der Waals surface area contributed by atoms with Gasteiger partial charge in [-0.15, -0.1) is 0 Å². The van der Waals surface area contributed by atoms with Gasteiger partial charge >= 0.3 is 0 Å². The predicted molar refractivity (Wildman–Crippen MR) is 52.3 cm³/mol. The lowest BCUT2D eigenvalue weighted by atomic mass is 10.3. The number of rotatable bonds is 3. The van der Waals surface area contributed by atoms with E-state index < -0.39 is 0 Å². The lowest BCUT2D eigenvalue weighted by molar-refractivity contribution is 1.31. The van der Waals surface area contributed by atoms with Crippen LogP contribution in [0.5, 0.6) is 0 Å². The lowest BCUT2D eigenvalue weighted by Crippen LogP contribution is -1.85. The fourth-order valence-electron chi connectivity index (χ4n) is 0.867. The van der Waals surface area contributed by atoms with Gasteiger partial charge in [0.1, 0.15) is 0 Å². The molecule has 1 rings (SSSR count). The summed E-state index contributed by atoms with van der Waals surface area (Å²) < 4.78 is 0. The summed E-state index contributed by atoms with van der Waals surface area (Å²) in [6.45, 7) is 7.18.